The third-order valence-electron chi connectivity index (χ3n) is 3.10. The number of rotatable bonds is 4. The maximum absolute atomic E-state index is 13.0. The first kappa shape index (κ1) is 13.5. The third kappa shape index (κ3) is 3.08. The summed E-state index contributed by atoms with van der Waals surface area (Å²) in [6.45, 7) is 1.99. The molecule has 2 aromatic rings. The Labute approximate surface area is 109 Å². The van der Waals surface area contributed by atoms with Crippen molar-refractivity contribution in [3.63, 3.8) is 0 Å². The second kappa shape index (κ2) is 4.96. The van der Waals surface area contributed by atoms with Crippen molar-refractivity contribution in [3.05, 3.63) is 47.5 Å². The molecule has 0 unspecified atom stereocenters. The summed E-state index contributed by atoms with van der Waals surface area (Å²) >= 11 is 0. The van der Waals surface area contributed by atoms with E-state index in [-0.39, 0.29) is 6.42 Å². The second-order valence-corrected chi connectivity index (χ2v) is 4.69. The first-order chi connectivity index (χ1) is 8.88. The van der Waals surface area contributed by atoms with Crippen LogP contribution in [0.4, 0.5) is 8.78 Å². The average Bonchev–Trinajstić information content (AvgIpc) is 2.36. The Morgan fingerprint density at radius 3 is 2.47 bits per heavy atom. The van der Waals surface area contributed by atoms with Crippen LogP contribution in [0.5, 0.6) is 0 Å². The second-order valence-electron chi connectivity index (χ2n) is 4.69. The molecule has 4 heteroatoms. The van der Waals surface area contributed by atoms with Crippen LogP contribution in [0.2, 0.25) is 0 Å². The Morgan fingerprint density at radius 1 is 1.16 bits per heavy atom. The number of aliphatic carboxylic acids is 1. The fourth-order valence-electron chi connectivity index (χ4n) is 1.98. The van der Waals surface area contributed by atoms with Gasteiger partial charge in [0, 0.05) is 6.42 Å². The van der Waals surface area contributed by atoms with Gasteiger partial charge in [0.2, 0.25) is 0 Å². The molecule has 0 fully saturated rings. The lowest BCUT2D eigenvalue weighted by Gasteiger charge is -2.11. The van der Waals surface area contributed by atoms with E-state index in [1.54, 1.807) is 6.07 Å². The fourth-order valence-corrected chi connectivity index (χ4v) is 1.98. The molecule has 0 aliphatic heterocycles. The molecule has 0 aliphatic carbocycles. The maximum atomic E-state index is 13.0. The van der Waals surface area contributed by atoms with Gasteiger partial charge in [0.1, 0.15) is 0 Å². The van der Waals surface area contributed by atoms with Crippen molar-refractivity contribution >= 4 is 16.7 Å². The SMILES string of the molecule is Cc1ccc2cc(CCC(F)(F)C(=O)O)ccc2c1. The van der Waals surface area contributed by atoms with E-state index >= 15 is 0 Å². The molecule has 0 heterocycles. The van der Waals surface area contributed by atoms with Crippen LogP contribution in [0.25, 0.3) is 10.8 Å². The van der Waals surface area contributed by atoms with Gasteiger partial charge in [-0.3, -0.25) is 0 Å². The number of halogens is 2. The lowest BCUT2D eigenvalue weighted by atomic mass is 10.0. The van der Waals surface area contributed by atoms with Gasteiger partial charge in [-0.2, -0.15) is 8.78 Å². The van der Waals surface area contributed by atoms with Crippen LogP contribution in [0, 0.1) is 6.92 Å². The Kier molecular flexibility index (Phi) is 3.51. The Balaban J connectivity index is 2.18. The zero-order valence-corrected chi connectivity index (χ0v) is 10.5. The molecule has 0 saturated carbocycles. The largest absolute Gasteiger partial charge is 0.477 e. The zero-order chi connectivity index (χ0) is 14.0. The smallest absolute Gasteiger partial charge is 0.374 e. The molecule has 2 rings (SSSR count). The van der Waals surface area contributed by atoms with Gasteiger partial charge in [-0.15, -0.1) is 0 Å². The standard InChI is InChI=1S/C15H14F2O2/c1-10-2-4-13-9-11(3-5-12(13)8-10)6-7-15(16,17)14(18)19/h2-5,8-9H,6-7H2,1H3,(H,18,19). The Bertz CT molecular complexity index is 621. The summed E-state index contributed by atoms with van der Waals surface area (Å²) in [7, 11) is 0. The van der Waals surface area contributed by atoms with Crippen molar-refractivity contribution in [1.29, 1.82) is 0 Å². The van der Waals surface area contributed by atoms with E-state index in [1.807, 2.05) is 37.3 Å². The molecular formula is C15H14F2O2. The highest BCUT2D eigenvalue weighted by Crippen LogP contribution is 2.23. The molecule has 0 amide bonds. The van der Waals surface area contributed by atoms with Crippen LogP contribution in [-0.2, 0) is 11.2 Å². The van der Waals surface area contributed by atoms with E-state index in [9.17, 15) is 13.6 Å². The van der Waals surface area contributed by atoms with Gasteiger partial charge in [-0.1, -0.05) is 42.0 Å². The first-order valence-corrected chi connectivity index (χ1v) is 5.99. The van der Waals surface area contributed by atoms with Crippen LogP contribution in [0.1, 0.15) is 17.5 Å². The first-order valence-electron chi connectivity index (χ1n) is 5.99. The number of carboxylic acids is 1. The van der Waals surface area contributed by atoms with Crippen molar-refractivity contribution < 1.29 is 18.7 Å². The number of hydrogen-bond acceptors (Lipinski definition) is 1. The monoisotopic (exact) mass is 264 g/mol. The van der Waals surface area contributed by atoms with Crippen LogP contribution in [0.15, 0.2) is 36.4 Å². The van der Waals surface area contributed by atoms with E-state index in [0.717, 1.165) is 21.9 Å². The molecule has 0 spiro atoms. The van der Waals surface area contributed by atoms with E-state index in [4.69, 9.17) is 5.11 Å². The lowest BCUT2D eigenvalue weighted by Crippen LogP contribution is -2.28. The van der Waals surface area contributed by atoms with Gasteiger partial charge in [0.15, 0.2) is 0 Å². The van der Waals surface area contributed by atoms with Crippen molar-refractivity contribution in [2.45, 2.75) is 25.7 Å². The average molecular weight is 264 g/mol. The summed E-state index contributed by atoms with van der Waals surface area (Å²) in [6, 6.07) is 11.4. The zero-order valence-electron chi connectivity index (χ0n) is 10.5. The van der Waals surface area contributed by atoms with Crippen molar-refractivity contribution in [2.75, 3.05) is 0 Å². The van der Waals surface area contributed by atoms with Gasteiger partial charge < -0.3 is 5.11 Å². The van der Waals surface area contributed by atoms with Gasteiger partial charge in [-0.25, -0.2) is 4.79 Å². The van der Waals surface area contributed by atoms with Gasteiger partial charge in [0.25, 0.3) is 0 Å². The highest BCUT2D eigenvalue weighted by atomic mass is 19.3. The van der Waals surface area contributed by atoms with Crippen LogP contribution in [-0.4, -0.2) is 17.0 Å². The molecule has 1 N–H and O–H groups in total. The highest BCUT2D eigenvalue weighted by molar-refractivity contribution is 5.83. The molecule has 0 atom stereocenters. The number of carboxylic acid groups (broad SMARTS) is 1. The summed E-state index contributed by atoms with van der Waals surface area (Å²) < 4.78 is 26.0. The minimum Gasteiger partial charge on any atom is -0.477 e. The number of aryl methyl sites for hydroxylation is 2. The van der Waals surface area contributed by atoms with Gasteiger partial charge >= 0.3 is 11.9 Å². The summed E-state index contributed by atoms with van der Waals surface area (Å²) in [5.74, 6) is -5.73. The van der Waals surface area contributed by atoms with Crippen molar-refractivity contribution in [2.24, 2.45) is 0 Å². The molecule has 100 valence electrons. The van der Waals surface area contributed by atoms with Crippen molar-refractivity contribution in [3.8, 4) is 0 Å². The molecule has 0 radical (unpaired) electrons. The predicted octanol–water partition coefficient (Wildman–Crippen LogP) is 3.80. The third-order valence-corrected chi connectivity index (χ3v) is 3.10. The van der Waals surface area contributed by atoms with Gasteiger partial charge in [-0.05, 0) is 29.7 Å². The predicted molar refractivity (Wildman–Crippen MR) is 69.6 cm³/mol. The highest BCUT2D eigenvalue weighted by Gasteiger charge is 2.37. The minimum absolute atomic E-state index is 0.0448. The number of benzene rings is 2. The Hall–Kier alpha value is -1.97. The summed E-state index contributed by atoms with van der Waals surface area (Å²) in [4.78, 5) is 10.3. The summed E-state index contributed by atoms with van der Waals surface area (Å²) in [5, 5.41) is 10.4. The molecule has 0 aromatic heterocycles. The molecule has 0 saturated heterocycles. The number of carbonyl (C=O) groups is 1. The summed E-state index contributed by atoms with van der Waals surface area (Å²) in [5.41, 5.74) is 1.86. The molecule has 2 nitrogen and oxygen atoms in total. The van der Waals surface area contributed by atoms with E-state index in [2.05, 4.69) is 0 Å². The lowest BCUT2D eigenvalue weighted by molar-refractivity contribution is -0.165. The molecule has 0 bridgehead atoms. The Morgan fingerprint density at radius 2 is 1.79 bits per heavy atom. The number of hydrogen-bond donors (Lipinski definition) is 1. The van der Waals surface area contributed by atoms with Crippen LogP contribution >= 0.6 is 0 Å². The van der Waals surface area contributed by atoms with Crippen molar-refractivity contribution in [1.82, 2.24) is 0 Å². The summed E-state index contributed by atoms with van der Waals surface area (Å²) in [6.07, 6.45) is -0.636. The molecular weight excluding hydrogens is 250 g/mol. The number of alkyl halides is 2. The van der Waals surface area contributed by atoms with Gasteiger partial charge in [0.05, 0.1) is 0 Å². The quantitative estimate of drug-likeness (QED) is 0.912. The normalized spacial score (nSPS) is 11.7. The van der Waals surface area contributed by atoms with Crippen LogP contribution in [0.3, 0.4) is 0 Å². The minimum atomic E-state index is -3.66. The maximum Gasteiger partial charge on any atom is 0.374 e. The topological polar surface area (TPSA) is 37.3 Å². The molecule has 0 aliphatic rings. The number of fused-ring (bicyclic) bond motifs is 1. The van der Waals surface area contributed by atoms with E-state index in [1.165, 1.54) is 0 Å². The molecule has 19 heavy (non-hydrogen) atoms. The molecule has 2 aromatic carbocycles. The fraction of sp³-hybridized carbons (Fsp3) is 0.267. The van der Waals surface area contributed by atoms with Crippen LogP contribution < -0.4 is 0 Å². The van der Waals surface area contributed by atoms with E-state index < -0.39 is 18.3 Å². The van der Waals surface area contributed by atoms with E-state index in [0.29, 0.717) is 0 Å².